The van der Waals surface area contributed by atoms with Crippen molar-refractivity contribution in [3.8, 4) is 0 Å². The smallest absolute Gasteiger partial charge is 0.310 e. The maximum absolute atomic E-state index is 11.9. The van der Waals surface area contributed by atoms with E-state index in [0.717, 1.165) is 17.8 Å². The number of anilines is 2. The average Bonchev–Trinajstić information content (AvgIpc) is 2.48. The van der Waals surface area contributed by atoms with E-state index in [1.54, 1.807) is 18.3 Å². The van der Waals surface area contributed by atoms with Gasteiger partial charge in [0.25, 0.3) is 0 Å². The molecule has 1 heterocycles. The number of hydrogen-bond donors (Lipinski definition) is 3. The number of benzene rings is 1. The first-order chi connectivity index (χ1) is 10.2. The SMILES string of the molecule is CCNC(C)c1cccc(NC(=O)Nc2ccccn2)c1. The Labute approximate surface area is 124 Å². The van der Waals surface area contributed by atoms with Crippen molar-refractivity contribution in [1.29, 1.82) is 0 Å². The molecule has 5 nitrogen and oxygen atoms in total. The van der Waals surface area contributed by atoms with Crippen molar-refractivity contribution in [3.63, 3.8) is 0 Å². The van der Waals surface area contributed by atoms with Crippen LogP contribution in [0, 0.1) is 0 Å². The highest BCUT2D eigenvalue weighted by atomic mass is 16.2. The Morgan fingerprint density at radius 3 is 2.76 bits per heavy atom. The molecular weight excluding hydrogens is 264 g/mol. The van der Waals surface area contributed by atoms with Crippen molar-refractivity contribution in [1.82, 2.24) is 10.3 Å². The highest BCUT2D eigenvalue weighted by Crippen LogP contribution is 2.17. The summed E-state index contributed by atoms with van der Waals surface area (Å²) in [6.45, 7) is 5.06. The molecule has 1 aromatic carbocycles. The maximum Gasteiger partial charge on any atom is 0.324 e. The molecule has 0 aliphatic heterocycles. The van der Waals surface area contributed by atoms with Crippen molar-refractivity contribution in [2.24, 2.45) is 0 Å². The van der Waals surface area contributed by atoms with Gasteiger partial charge in [-0.2, -0.15) is 0 Å². The molecule has 0 fully saturated rings. The minimum atomic E-state index is -0.304. The van der Waals surface area contributed by atoms with E-state index >= 15 is 0 Å². The van der Waals surface area contributed by atoms with E-state index in [1.807, 2.05) is 30.3 Å². The minimum Gasteiger partial charge on any atom is -0.310 e. The lowest BCUT2D eigenvalue weighted by Crippen LogP contribution is -2.21. The Morgan fingerprint density at radius 2 is 2.05 bits per heavy atom. The van der Waals surface area contributed by atoms with Crippen molar-refractivity contribution >= 4 is 17.5 Å². The third-order valence-corrected chi connectivity index (χ3v) is 3.06. The average molecular weight is 284 g/mol. The van der Waals surface area contributed by atoms with Crippen LogP contribution in [0.5, 0.6) is 0 Å². The summed E-state index contributed by atoms with van der Waals surface area (Å²) in [6, 6.07) is 13.1. The fraction of sp³-hybridized carbons (Fsp3) is 0.250. The number of rotatable bonds is 5. The number of urea groups is 1. The van der Waals surface area contributed by atoms with Crippen molar-refractivity contribution in [2.45, 2.75) is 19.9 Å². The van der Waals surface area contributed by atoms with Crippen LogP contribution in [0.4, 0.5) is 16.3 Å². The molecule has 1 atom stereocenters. The summed E-state index contributed by atoms with van der Waals surface area (Å²) in [5.41, 5.74) is 1.89. The van der Waals surface area contributed by atoms with Gasteiger partial charge >= 0.3 is 6.03 Å². The monoisotopic (exact) mass is 284 g/mol. The quantitative estimate of drug-likeness (QED) is 0.788. The molecule has 0 aliphatic carbocycles. The Balaban J connectivity index is 1.99. The van der Waals surface area contributed by atoms with Gasteiger partial charge in [0.05, 0.1) is 0 Å². The van der Waals surface area contributed by atoms with Crippen molar-refractivity contribution in [2.75, 3.05) is 17.2 Å². The molecule has 0 saturated carbocycles. The van der Waals surface area contributed by atoms with E-state index in [-0.39, 0.29) is 12.1 Å². The molecule has 0 bridgehead atoms. The van der Waals surface area contributed by atoms with Crippen molar-refractivity contribution in [3.05, 3.63) is 54.2 Å². The summed E-state index contributed by atoms with van der Waals surface area (Å²) in [4.78, 5) is 16.0. The standard InChI is InChI=1S/C16H20N4O/c1-3-17-12(2)13-7-6-8-14(11-13)19-16(21)20-15-9-4-5-10-18-15/h4-12,17H,3H2,1-2H3,(H2,18,19,20,21). The van der Waals surface area contributed by atoms with Gasteiger partial charge in [-0.25, -0.2) is 9.78 Å². The number of pyridine rings is 1. The summed E-state index contributed by atoms with van der Waals surface area (Å²) >= 11 is 0. The normalized spacial score (nSPS) is 11.7. The molecule has 21 heavy (non-hydrogen) atoms. The predicted molar refractivity (Wildman–Crippen MR) is 85.4 cm³/mol. The zero-order valence-corrected chi connectivity index (χ0v) is 12.3. The van der Waals surface area contributed by atoms with Crippen LogP contribution in [0.2, 0.25) is 0 Å². The topological polar surface area (TPSA) is 66.0 Å². The molecule has 2 aromatic rings. The first-order valence-electron chi connectivity index (χ1n) is 7.01. The van der Waals surface area contributed by atoms with Gasteiger partial charge in [0.1, 0.15) is 5.82 Å². The molecule has 3 N–H and O–H groups in total. The van der Waals surface area contributed by atoms with Gasteiger partial charge in [0, 0.05) is 17.9 Å². The molecule has 2 rings (SSSR count). The first kappa shape index (κ1) is 15.0. The zero-order chi connectivity index (χ0) is 15.1. The van der Waals surface area contributed by atoms with Crippen LogP contribution in [0.15, 0.2) is 48.7 Å². The van der Waals surface area contributed by atoms with E-state index < -0.39 is 0 Å². The van der Waals surface area contributed by atoms with Crippen LogP contribution in [0.25, 0.3) is 0 Å². The number of carbonyl (C=O) groups excluding carboxylic acids is 1. The van der Waals surface area contributed by atoms with Gasteiger partial charge in [0.2, 0.25) is 0 Å². The van der Waals surface area contributed by atoms with Gasteiger partial charge in [-0.1, -0.05) is 25.1 Å². The summed E-state index contributed by atoms with van der Waals surface area (Å²) in [5, 5.41) is 8.84. The summed E-state index contributed by atoms with van der Waals surface area (Å²) in [7, 11) is 0. The lowest BCUT2D eigenvalue weighted by atomic mass is 10.1. The number of nitrogens with one attached hydrogen (secondary N) is 3. The third kappa shape index (κ3) is 4.57. The largest absolute Gasteiger partial charge is 0.324 e. The molecule has 0 radical (unpaired) electrons. The van der Waals surface area contributed by atoms with E-state index in [4.69, 9.17) is 0 Å². The number of hydrogen-bond acceptors (Lipinski definition) is 3. The fourth-order valence-electron chi connectivity index (χ4n) is 2.03. The van der Waals surface area contributed by atoms with Crippen LogP contribution in [-0.4, -0.2) is 17.6 Å². The van der Waals surface area contributed by atoms with E-state index in [0.29, 0.717) is 5.82 Å². The maximum atomic E-state index is 11.9. The Bertz CT molecular complexity index is 586. The van der Waals surface area contributed by atoms with E-state index in [9.17, 15) is 4.79 Å². The van der Waals surface area contributed by atoms with Gasteiger partial charge in [0.15, 0.2) is 0 Å². The number of aromatic nitrogens is 1. The predicted octanol–water partition coefficient (Wildman–Crippen LogP) is 3.40. The van der Waals surface area contributed by atoms with E-state index in [1.165, 1.54) is 0 Å². The van der Waals surface area contributed by atoms with Gasteiger partial charge in [-0.3, -0.25) is 5.32 Å². The molecule has 1 unspecified atom stereocenters. The second-order valence-electron chi connectivity index (χ2n) is 4.70. The van der Waals surface area contributed by atoms with Gasteiger partial charge in [-0.05, 0) is 43.3 Å². The number of nitrogens with zero attached hydrogens (tertiary/aromatic N) is 1. The lowest BCUT2D eigenvalue weighted by Gasteiger charge is -2.14. The molecule has 0 aliphatic rings. The fourth-order valence-corrected chi connectivity index (χ4v) is 2.03. The molecule has 110 valence electrons. The van der Waals surface area contributed by atoms with Crippen LogP contribution in [-0.2, 0) is 0 Å². The highest BCUT2D eigenvalue weighted by molar-refractivity contribution is 5.99. The van der Waals surface area contributed by atoms with Gasteiger partial charge in [-0.15, -0.1) is 0 Å². The lowest BCUT2D eigenvalue weighted by molar-refractivity contribution is 0.262. The zero-order valence-electron chi connectivity index (χ0n) is 12.3. The molecule has 0 saturated heterocycles. The Kier molecular flexibility index (Phi) is 5.29. The minimum absolute atomic E-state index is 0.246. The van der Waals surface area contributed by atoms with Crippen LogP contribution >= 0.6 is 0 Å². The second-order valence-corrected chi connectivity index (χ2v) is 4.70. The third-order valence-electron chi connectivity index (χ3n) is 3.06. The summed E-state index contributed by atoms with van der Waals surface area (Å²) < 4.78 is 0. The van der Waals surface area contributed by atoms with Crippen LogP contribution < -0.4 is 16.0 Å². The number of carbonyl (C=O) groups is 1. The summed E-state index contributed by atoms with van der Waals surface area (Å²) in [5.74, 6) is 0.521. The van der Waals surface area contributed by atoms with E-state index in [2.05, 4.69) is 34.8 Å². The molecular formula is C16H20N4O. The van der Waals surface area contributed by atoms with Crippen LogP contribution in [0.1, 0.15) is 25.5 Å². The van der Waals surface area contributed by atoms with Crippen molar-refractivity contribution < 1.29 is 4.79 Å². The molecule has 2 amide bonds. The van der Waals surface area contributed by atoms with Gasteiger partial charge < -0.3 is 10.6 Å². The molecule has 0 spiro atoms. The molecule has 5 heteroatoms. The first-order valence-corrected chi connectivity index (χ1v) is 7.01. The Hall–Kier alpha value is -2.40. The highest BCUT2D eigenvalue weighted by Gasteiger charge is 2.07. The second kappa shape index (κ2) is 7.40. The Morgan fingerprint density at radius 1 is 1.19 bits per heavy atom. The number of amides is 2. The van der Waals surface area contributed by atoms with Crippen LogP contribution in [0.3, 0.4) is 0 Å². The molecule has 1 aromatic heterocycles. The summed E-state index contributed by atoms with van der Waals surface area (Å²) in [6.07, 6.45) is 1.63.